The molecule has 0 saturated carbocycles. The van der Waals surface area contributed by atoms with Crippen LogP contribution in [0.1, 0.15) is 21.6 Å². The second-order valence-electron chi connectivity index (χ2n) is 7.38. The molecule has 1 aliphatic heterocycles. The summed E-state index contributed by atoms with van der Waals surface area (Å²) in [6.07, 6.45) is 1.63. The lowest BCUT2D eigenvalue weighted by atomic mass is 10.1. The molecular formula is C23H25N5O. The number of nitrogens with one attached hydrogen (secondary N) is 1. The molecule has 4 rings (SSSR count). The Kier molecular flexibility index (Phi) is 5.42. The molecule has 0 spiro atoms. The fourth-order valence-corrected chi connectivity index (χ4v) is 3.68. The fraction of sp³-hybridized carbons (Fsp3) is 0.261. The molecular weight excluding hydrogens is 362 g/mol. The normalized spacial score (nSPS) is 14.0. The van der Waals surface area contributed by atoms with Crippen LogP contribution in [0.15, 0.2) is 60.8 Å². The Morgan fingerprint density at radius 1 is 0.931 bits per heavy atom. The van der Waals surface area contributed by atoms with Gasteiger partial charge in [-0.25, -0.2) is 9.97 Å². The van der Waals surface area contributed by atoms with E-state index in [1.807, 2.05) is 49.1 Å². The first-order valence-corrected chi connectivity index (χ1v) is 9.86. The van der Waals surface area contributed by atoms with Crippen molar-refractivity contribution in [3.05, 3.63) is 77.6 Å². The number of carbonyl (C=O) groups excluding carboxylic acids is 1. The van der Waals surface area contributed by atoms with Crippen LogP contribution in [-0.2, 0) is 0 Å². The first-order valence-electron chi connectivity index (χ1n) is 9.86. The molecule has 29 heavy (non-hydrogen) atoms. The van der Waals surface area contributed by atoms with E-state index in [1.54, 1.807) is 12.3 Å². The van der Waals surface area contributed by atoms with E-state index in [0.717, 1.165) is 29.9 Å². The van der Waals surface area contributed by atoms with Crippen LogP contribution in [0, 0.1) is 13.8 Å². The lowest BCUT2D eigenvalue weighted by Gasteiger charge is -2.36. The Bertz CT molecular complexity index is 977. The van der Waals surface area contributed by atoms with Gasteiger partial charge in [-0.3, -0.25) is 4.79 Å². The number of rotatable bonds is 4. The molecule has 0 radical (unpaired) electrons. The molecule has 1 aromatic heterocycles. The van der Waals surface area contributed by atoms with Crippen LogP contribution in [0.4, 0.5) is 17.3 Å². The summed E-state index contributed by atoms with van der Waals surface area (Å²) >= 11 is 0. The van der Waals surface area contributed by atoms with Crippen LogP contribution in [0.2, 0.25) is 0 Å². The quantitative estimate of drug-likeness (QED) is 0.738. The van der Waals surface area contributed by atoms with E-state index < -0.39 is 0 Å². The zero-order chi connectivity index (χ0) is 20.2. The highest BCUT2D eigenvalue weighted by atomic mass is 16.2. The highest BCUT2D eigenvalue weighted by Gasteiger charge is 2.23. The van der Waals surface area contributed by atoms with Crippen molar-refractivity contribution in [3.63, 3.8) is 0 Å². The number of carbonyl (C=O) groups is 1. The van der Waals surface area contributed by atoms with Crippen molar-refractivity contribution in [1.82, 2.24) is 14.9 Å². The number of para-hydroxylation sites is 1. The van der Waals surface area contributed by atoms with E-state index in [4.69, 9.17) is 0 Å². The molecule has 6 heteroatoms. The molecule has 1 N–H and O–H groups in total. The third-order valence-electron chi connectivity index (χ3n) is 5.04. The minimum Gasteiger partial charge on any atom is -0.368 e. The van der Waals surface area contributed by atoms with Crippen molar-refractivity contribution in [3.8, 4) is 0 Å². The average Bonchev–Trinajstić information content (AvgIpc) is 2.73. The van der Waals surface area contributed by atoms with Gasteiger partial charge in [-0.15, -0.1) is 0 Å². The molecule has 148 valence electrons. The number of aryl methyl sites for hydroxylation is 2. The van der Waals surface area contributed by atoms with Crippen molar-refractivity contribution in [2.75, 3.05) is 36.4 Å². The fourth-order valence-electron chi connectivity index (χ4n) is 3.68. The second kappa shape index (κ2) is 8.31. The Balaban J connectivity index is 1.42. The minimum atomic E-state index is -0.0522. The first kappa shape index (κ1) is 18.9. The minimum absolute atomic E-state index is 0.0522. The Labute approximate surface area is 171 Å². The van der Waals surface area contributed by atoms with E-state index in [0.29, 0.717) is 24.7 Å². The summed E-state index contributed by atoms with van der Waals surface area (Å²) in [5.74, 6) is 0.382. The van der Waals surface area contributed by atoms with Crippen LogP contribution in [0.3, 0.4) is 0 Å². The van der Waals surface area contributed by atoms with Crippen LogP contribution < -0.4 is 10.2 Å². The van der Waals surface area contributed by atoms with Crippen LogP contribution in [-0.4, -0.2) is 47.0 Å². The number of anilines is 3. The number of hydrogen-bond donors (Lipinski definition) is 1. The number of piperazine rings is 1. The summed E-state index contributed by atoms with van der Waals surface area (Å²) in [6, 6.07) is 18.2. The summed E-state index contributed by atoms with van der Waals surface area (Å²) in [4.78, 5) is 25.8. The zero-order valence-corrected chi connectivity index (χ0v) is 16.8. The third kappa shape index (κ3) is 4.54. The van der Waals surface area contributed by atoms with Crippen LogP contribution in [0.25, 0.3) is 0 Å². The zero-order valence-electron chi connectivity index (χ0n) is 16.8. The van der Waals surface area contributed by atoms with Gasteiger partial charge in [0.1, 0.15) is 5.69 Å². The van der Waals surface area contributed by atoms with E-state index in [2.05, 4.69) is 38.4 Å². The molecule has 1 aliphatic rings. The van der Waals surface area contributed by atoms with Crippen LogP contribution >= 0.6 is 0 Å². The maximum Gasteiger partial charge on any atom is 0.272 e. The summed E-state index contributed by atoms with van der Waals surface area (Å²) in [5.41, 5.74) is 4.86. The van der Waals surface area contributed by atoms with Gasteiger partial charge in [0.25, 0.3) is 5.91 Å². The highest BCUT2D eigenvalue weighted by molar-refractivity contribution is 5.92. The topological polar surface area (TPSA) is 61.4 Å². The van der Waals surface area contributed by atoms with Crippen LogP contribution in [0.5, 0.6) is 0 Å². The summed E-state index contributed by atoms with van der Waals surface area (Å²) in [7, 11) is 0. The van der Waals surface area contributed by atoms with Crippen molar-refractivity contribution >= 4 is 23.2 Å². The lowest BCUT2D eigenvalue weighted by molar-refractivity contribution is 0.0741. The lowest BCUT2D eigenvalue weighted by Crippen LogP contribution is -2.49. The average molecular weight is 387 g/mol. The largest absolute Gasteiger partial charge is 0.368 e. The molecule has 2 aromatic carbocycles. The molecule has 1 amide bonds. The smallest absolute Gasteiger partial charge is 0.272 e. The van der Waals surface area contributed by atoms with Crippen molar-refractivity contribution in [2.24, 2.45) is 0 Å². The molecule has 0 atom stereocenters. The number of hydrogen-bond acceptors (Lipinski definition) is 5. The van der Waals surface area contributed by atoms with Gasteiger partial charge >= 0.3 is 0 Å². The van der Waals surface area contributed by atoms with E-state index in [1.165, 1.54) is 5.69 Å². The SMILES string of the molecule is Cc1cc(C)cc(Nc2nccc(C(=O)N3CCN(c4ccccc4)CC3)n2)c1. The van der Waals surface area contributed by atoms with Gasteiger partial charge in [-0.05, 0) is 55.3 Å². The van der Waals surface area contributed by atoms with Gasteiger partial charge in [0.15, 0.2) is 0 Å². The summed E-state index contributed by atoms with van der Waals surface area (Å²) in [5, 5.41) is 3.21. The summed E-state index contributed by atoms with van der Waals surface area (Å²) < 4.78 is 0. The maximum atomic E-state index is 12.9. The predicted octanol–water partition coefficient (Wildman–Crippen LogP) is 3.80. The molecule has 0 aliphatic carbocycles. The van der Waals surface area contributed by atoms with Gasteiger partial charge in [0.2, 0.25) is 5.95 Å². The Hall–Kier alpha value is -3.41. The number of nitrogens with zero attached hydrogens (tertiary/aromatic N) is 4. The molecule has 1 fully saturated rings. The molecule has 0 bridgehead atoms. The molecule has 6 nitrogen and oxygen atoms in total. The van der Waals surface area contributed by atoms with E-state index >= 15 is 0 Å². The third-order valence-corrected chi connectivity index (χ3v) is 5.04. The van der Waals surface area contributed by atoms with Gasteiger partial charge in [-0.2, -0.15) is 0 Å². The van der Waals surface area contributed by atoms with Gasteiger partial charge in [0.05, 0.1) is 0 Å². The van der Waals surface area contributed by atoms with Crippen molar-refractivity contribution in [2.45, 2.75) is 13.8 Å². The summed E-state index contributed by atoms with van der Waals surface area (Å²) in [6.45, 7) is 7.08. The number of amides is 1. The Morgan fingerprint density at radius 3 is 2.31 bits per heavy atom. The Morgan fingerprint density at radius 2 is 1.62 bits per heavy atom. The highest BCUT2D eigenvalue weighted by Crippen LogP contribution is 2.19. The number of aromatic nitrogens is 2. The number of benzene rings is 2. The van der Waals surface area contributed by atoms with Gasteiger partial charge in [-0.1, -0.05) is 24.3 Å². The second-order valence-corrected chi connectivity index (χ2v) is 7.38. The molecule has 0 unspecified atom stereocenters. The van der Waals surface area contributed by atoms with Crippen molar-refractivity contribution in [1.29, 1.82) is 0 Å². The monoisotopic (exact) mass is 387 g/mol. The molecule has 2 heterocycles. The molecule has 1 saturated heterocycles. The maximum absolute atomic E-state index is 12.9. The predicted molar refractivity (Wildman–Crippen MR) is 116 cm³/mol. The first-order chi connectivity index (χ1) is 14.1. The van der Waals surface area contributed by atoms with Gasteiger partial charge in [0, 0.05) is 43.8 Å². The van der Waals surface area contributed by atoms with Crippen molar-refractivity contribution < 1.29 is 4.79 Å². The van der Waals surface area contributed by atoms with Gasteiger partial charge < -0.3 is 15.1 Å². The molecule has 3 aromatic rings. The van der Waals surface area contributed by atoms with E-state index in [-0.39, 0.29) is 5.91 Å². The standard InChI is InChI=1S/C23H25N5O/c1-17-14-18(2)16-19(15-17)25-23-24-9-8-21(26-23)22(29)28-12-10-27(11-13-28)20-6-4-3-5-7-20/h3-9,14-16H,10-13H2,1-2H3,(H,24,25,26). The van der Waals surface area contributed by atoms with E-state index in [9.17, 15) is 4.79 Å².